The number of methoxy groups -OCH3 is 1. The van der Waals surface area contributed by atoms with Gasteiger partial charge in [-0.1, -0.05) is 0 Å². The first-order valence-corrected chi connectivity index (χ1v) is 3.66. The van der Waals surface area contributed by atoms with Crippen molar-refractivity contribution in [3.63, 3.8) is 0 Å². The van der Waals surface area contributed by atoms with Crippen molar-refractivity contribution in [2.24, 2.45) is 0 Å². The van der Waals surface area contributed by atoms with E-state index in [2.05, 4.69) is 8.92 Å². The summed E-state index contributed by atoms with van der Waals surface area (Å²) in [5, 5.41) is 0. The minimum absolute atomic E-state index is 0.943. The summed E-state index contributed by atoms with van der Waals surface area (Å²) >= 11 is 0. The molecule has 0 aliphatic heterocycles. The zero-order valence-corrected chi connectivity index (χ0v) is 6.20. The Hall–Kier alpha value is -0.340. The van der Waals surface area contributed by atoms with Gasteiger partial charge in [-0.3, -0.25) is 0 Å². The highest BCUT2D eigenvalue weighted by Gasteiger charge is 2.47. The Morgan fingerprint density at radius 2 is 1.82 bits per heavy atom. The number of rotatable bonds is 3. The molecule has 0 amide bonds. The number of ether oxygens (including phenoxy) is 1. The molecule has 0 heterocycles. The zero-order valence-electron chi connectivity index (χ0n) is 5.38. The molecule has 0 rings (SSSR count). The molecule has 4 nitrogen and oxygen atoms in total. The molecule has 0 aromatic rings. The van der Waals surface area contributed by atoms with E-state index in [1.54, 1.807) is 0 Å². The van der Waals surface area contributed by atoms with Gasteiger partial charge in [-0.25, -0.2) is 4.18 Å². The molecule has 0 aliphatic carbocycles. The summed E-state index contributed by atoms with van der Waals surface area (Å²) in [4.78, 5) is 0. The molecular weight excluding hydrogens is 189 g/mol. The molecule has 0 saturated carbocycles. The van der Waals surface area contributed by atoms with Gasteiger partial charge in [0.25, 0.3) is 0 Å². The number of hydrogen-bond donors (Lipinski definition) is 0. The Balaban J connectivity index is 4.26. The second-order valence-corrected chi connectivity index (χ2v) is 3.03. The lowest BCUT2D eigenvalue weighted by Gasteiger charge is -2.06. The summed E-state index contributed by atoms with van der Waals surface area (Å²) in [6, 6.07) is 0. The van der Waals surface area contributed by atoms with Crippen LogP contribution in [0.1, 0.15) is 0 Å². The zero-order chi connectivity index (χ0) is 9.12. The van der Waals surface area contributed by atoms with Gasteiger partial charge >= 0.3 is 15.6 Å². The summed E-state index contributed by atoms with van der Waals surface area (Å²) in [6.45, 7) is -0.943. The van der Waals surface area contributed by atoms with Crippen LogP contribution in [0.15, 0.2) is 0 Å². The van der Waals surface area contributed by atoms with Gasteiger partial charge in [-0.2, -0.15) is 21.6 Å². The molecule has 0 radical (unpaired) electrons. The lowest BCUT2D eigenvalue weighted by Crippen LogP contribution is -2.26. The van der Waals surface area contributed by atoms with Gasteiger partial charge in [-0.15, -0.1) is 0 Å². The van der Waals surface area contributed by atoms with Crippen LogP contribution in [0.4, 0.5) is 13.2 Å². The molecule has 0 bridgehead atoms. The third-order valence-electron chi connectivity index (χ3n) is 0.605. The molecular formula is C3H5F3O4S. The van der Waals surface area contributed by atoms with Crippen molar-refractivity contribution in [1.82, 2.24) is 0 Å². The van der Waals surface area contributed by atoms with Crippen LogP contribution in [0, 0.1) is 0 Å². The van der Waals surface area contributed by atoms with Crippen LogP contribution in [-0.2, 0) is 19.0 Å². The number of halogens is 3. The molecule has 0 spiro atoms. The number of alkyl halides is 3. The third kappa shape index (κ3) is 3.04. The van der Waals surface area contributed by atoms with Crippen molar-refractivity contribution in [3.8, 4) is 0 Å². The molecule has 0 aliphatic rings. The van der Waals surface area contributed by atoms with E-state index >= 15 is 0 Å². The first-order chi connectivity index (χ1) is 4.81. The average molecular weight is 194 g/mol. The SMILES string of the molecule is COCOS(=O)(=O)C(F)(F)F. The maximum absolute atomic E-state index is 11.4. The van der Waals surface area contributed by atoms with Crippen LogP contribution in [0.2, 0.25) is 0 Å². The van der Waals surface area contributed by atoms with Gasteiger partial charge in [0.05, 0.1) is 0 Å². The summed E-state index contributed by atoms with van der Waals surface area (Å²) < 4.78 is 61.5. The van der Waals surface area contributed by atoms with Crippen molar-refractivity contribution in [2.45, 2.75) is 5.51 Å². The molecule has 0 N–H and O–H groups in total. The van der Waals surface area contributed by atoms with Crippen molar-refractivity contribution in [2.75, 3.05) is 13.9 Å². The smallest absolute Gasteiger partial charge is 0.357 e. The summed E-state index contributed by atoms with van der Waals surface area (Å²) in [7, 11) is -4.48. The molecule has 68 valence electrons. The minimum atomic E-state index is -5.48. The Bertz CT molecular complexity index is 205. The summed E-state index contributed by atoms with van der Waals surface area (Å²) in [5.74, 6) is 0. The van der Waals surface area contributed by atoms with Gasteiger partial charge in [0.2, 0.25) is 0 Å². The first kappa shape index (κ1) is 10.7. The standard InChI is InChI=1S/C3H5F3O4S/c1-9-2-10-11(7,8)3(4,5)6/h2H2,1H3. The van der Waals surface area contributed by atoms with E-state index in [9.17, 15) is 21.6 Å². The van der Waals surface area contributed by atoms with Gasteiger partial charge in [0.1, 0.15) is 0 Å². The molecule has 11 heavy (non-hydrogen) atoms. The maximum Gasteiger partial charge on any atom is 0.523 e. The maximum atomic E-state index is 11.4. The van der Waals surface area contributed by atoms with Crippen molar-refractivity contribution >= 4 is 10.1 Å². The monoisotopic (exact) mass is 194 g/mol. The van der Waals surface area contributed by atoms with Crippen LogP contribution < -0.4 is 0 Å². The van der Waals surface area contributed by atoms with E-state index in [-0.39, 0.29) is 0 Å². The highest BCUT2D eigenvalue weighted by molar-refractivity contribution is 7.87. The predicted molar refractivity (Wildman–Crippen MR) is 27.9 cm³/mol. The summed E-state index contributed by atoms with van der Waals surface area (Å²) in [6.07, 6.45) is 0. The highest BCUT2D eigenvalue weighted by atomic mass is 32.2. The van der Waals surface area contributed by atoms with Crippen LogP contribution in [0.3, 0.4) is 0 Å². The Labute approximate surface area is 61.0 Å². The van der Waals surface area contributed by atoms with Crippen LogP contribution in [0.5, 0.6) is 0 Å². The molecule has 0 aromatic heterocycles. The second-order valence-electron chi connectivity index (χ2n) is 1.42. The predicted octanol–water partition coefficient (Wildman–Crippen LogP) is 0.457. The fourth-order valence-corrected chi connectivity index (χ4v) is 0.535. The third-order valence-corrected chi connectivity index (χ3v) is 1.58. The lowest BCUT2D eigenvalue weighted by atomic mass is 11.4. The van der Waals surface area contributed by atoms with E-state index in [1.807, 2.05) is 0 Å². The van der Waals surface area contributed by atoms with Crippen LogP contribution in [0.25, 0.3) is 0 Å². The summed E-state index contributed by atoms with van der Waals surface area (Å²) in [5.41, 5.74) is -5.38. The molecule has 0 saturated heterocycles. The topological polar surface area (TPSA) is 52.6 Å². The quantitative estimate of drug-likeness (QED) is 0.372. The highest BCUT2D eigenvalue weighted by Crippen LogP contribution is 2.24. The van der Waals surface area contributed by atoms with Crippen LogP contribution >= 0.6 is 0 Å². The molecule has 0 fully saturated rings. The van der Waals surface area contributed by atoms with E-state index < -0.39 is 22.4 Å². The Morgan fingerprint density at radius 1 is 1.36 bits per heavy atom. The van der Waals surface area contributed by atoms with E-state index in [4.69, 9.17) is 0 Å². The van der Waals surface area contributed by atoms with Crippen LogP contribution in [-0.4, -0.2) is 27.8 Å². The van der Waals surface area contributed by atoms with Gasteiger partial charge < -0.3 is 4.74 Å². The molecule has 0 unspecified atom stereocenters. The van der Waals surface area contributed by atoms with Crippen molar-refractivity contribution in [3.05, 3.63) is 0 Å². The minimum Gasteiger partial charge on any atom is -0.357 e. The second kappa shape index (κ2) is 3.37. The first-order valence-electron chi connectivity index (χ1n) is 2.26. The van der Waals surface area contributed by atoms with Crippen molar-refractivity contribution in [1.29, 1.82) is 0 Å². The fourth-order valence-electron chi connectivity index (χ4n) is 0.178. The lowest BCUT2D eigenvalue weighted by molar-refractivity contribution is -0.0627. The van der Waals surface area contributed by atoms with Crippen molar-refractivity contribution < 1.29 is 30.5 Å². The average Bonchev–Trinajstić information content (AvgIpc) is 1.81. The molecule has 0 aromatic carbocycles. The van der Waals surface area contributed by atoms with Gasteiger partial charge in [-0.05, 0) is 0 Å². The van der Waals surface area contributed by atoms with Gasteiger partial charge in [0.15, 0.2) is 6.79 Å². The van der Waals surface area contributed by atoms with E-state index in [0.717, 1.165) is 7.11 Å². The normalized spacial score (nSPS) is 13.5. The molecule has 8 heteroatoms. The van der Waals surface area contributed by atoms with E-state index in [0.29, 0.717) is 0 Å². The number of hydrogen-bond acceptors (Lipinski definition) is 4. The van der Waals surface area contributed by atoms with Gasteiger partial charge in [0, 0.05) is 7.11 Å². The largest absolute Gasteiger partial charge is 0.523 e. The Kier molecular flexibility index (Phi) is 3.27. The molecule has 0 atom stereocenters. The van der Waals surface area contributed by atoms with E-state index in [1.165, 1.54) is 0 Å². The Morgan fingerprint density at radius 3 is 2.09 bits per heavy atom. The fraction of sp³-hybridized carbons (Fsp3) is 1.00.